The van der Waals surface area contributed by atoms with Crippen LogP contribution in [0, 0.1) is 24.1 Å². The van der Waals surface area contributed by atoms with E-state index in [0.29, 0.717) is 31.2 Å². The highest BCUT2D eigenvalue weighted by Crippen LogP contribution is 2.55. The molecule has 0 unspecified atom stereocenters. The molecule has 1 aliphatic heterocycles. The van der Waals surface area contributed by atoms with Gasteiger partial charge in [-0.15, -0.1) is 0 Å². The zero-order chi connectivity index (χ0) is 18.9. The Bertz CT molecular complexity index is 947. The van der Waals surface area contributed by atoms with E-state index in [0.717, 1.165) is 16.6 Å². The van der Waals surface area contributed by atoms with Gasteiger partial charge in [0.05, 0.1) is 36.6 Å². The van der Waals surface area contributed by atoms with Gasteiger partial charge in [0.15, 0.2) is 12.2 Å². The Hall–Kier alpha value is -2.07. The smallest absolute Gasteiger partial charge is 0.192 e. The summed E-state index contributed by atoms with van der Waals surface area (Å²) in [6, 6.07) is 8.25. The van der Waals surface area contributed by atoms with Gasteiger partial charge in [-0.05, 0) is 49.9 Å². The topological polar surface area (TPSA) is 66.4 Å². The Kier molecular flexibility index (Phi) is 5.24. The molecule has 0 fully saturated rings. The molecule has 0 amide bonds. The largest absolute Gasteiger partial charge is 0.331 e. The number of aromatic nitrogens is 2. The normalized spacial score (nSPS) is 19.0. The zero-order valence-corrected chi connectivity index (χ0v) is 16.5. The van der Waals surface area contributed by atoms with Gasteiger partial charge < -0.3 is 9.19 Å². The number of nitrogens with zero attached hydrogens (tertiary/aromatic N) is 5. The Morgan fingerprint density at radius 1 is 1.35 bits per heavy atom. The minimum atomic E-state index is -2.60. The molecular formula is C17H19FN5OPS. The minimum absolute atomic E-state index is 0.312. The molecule has 0 radical (unpaired) electrons. The SMILES string of the molecule is CCO[P@]1(=S)c2c(C)nn(CCC#N)c2N=C(c2ccc(F)cc2)N1C. The second-order valence-electron chi connectivity index (χ2n) is 5.79. The summed E-state index contributed by atoms with van der Waals surface area (Å²) in [7, 11) is 1.85. The maximum Gasteiger partial charge on any atom is 0.192 e. The molecule has 2 aromatic rings. The lowest BCUT2D eigenvalue weighted by Gasteiger charge is -2.36. The molecule has 3 rings (SSSR count). The molecule has 1 aromatic carbocycles. The first-order valence-electron chi connectivity index (χ1n) is 8.20. The quantitative estimate of drug-likeness (QED) is 0.732. The molecule has 26 heavy (non-hydrogen) atoms. The van der Waals surface area contributed by atoms with Crippen molar-refractivity contribution in [1.29, 1.82) is 5.26 Å². The van der Waals surface area contributed by atoms with Crippen LogP contribution in [0.5, 0.6) is 0 Å². The summed E-state index contributed by atoms with van der Waals surface area (Å²) < 4.78 is 23.0. The predicted octanol–water partition coefficient (Wildman–Crippen LogP) is 3.24. The van der Waals surface area contributed by atoms with E-state index in [9.17, 15) is 4.39 Å². The van der Waals surface area contributed by atoms with Crippen molar-refractivity contribution < 1.29 is 8.91 Å². The maximum absolute atomic E-state index is 13.3. The highest BCUT2D eigenvalue weighted by molar-refractivity contribution is 8.15. The highest BCUT2D eigenvalue weighted by Gasteiger charge is 2.39. The van der Waals surface area contributed by atoms with Crippen LogP contribution in [-0.4, -0.2) is 33.9 Å². The molecule has 2 heterocycles. The van der Waals surface area contributed by atoms with Gasteiger partial charge in [-0.2, -0.15) is 10.4 Å². The second-order valence-corrected chi connectivity index (χ2v) is 9.62. The monoisotopic (exact) mass is 391 g/mol. The Morgan fingerprint density at radius 2 is 2.04 bits per heavy atom. The summed E-state index contributed by atoms with van der Waals surface area (Å²) in [5.41, 5.74) is 1.52. The predicted molar refractivity (Wildman–Crippen MR) is 103 cm³/mol. The fourth-order valence-corrected chi connectivity index (χ4v) is 6.36. The lowest BCUT2D eigenvalue weighted by atomic mass is 10.2. The van der Waals surface area contributed by atoms with Crippen LogP contribution in [0.2, 0.25) is 0 Å². The molecule has 0 saturated carbocycles. The second kappa shape index (κ2) is 7.28. The van der Waals surface area contributed by atoms with E-state index in [1.54, 1.807) is 16.8 Å². The molecule has 0 aliphatic carbocycles. The molecular weight excluding hydrogens is 372 g/mol. The van der Waals surface area contributed by atoms with Crippen molar-refractivity contribution in [3.8, 4) is 6.07 Å². The number of hydrogen-bond acceptors (Lipinski definition) is 5. The zero-order valence-electron chi connectivity index (χ0n) is 14.8. The van der Waals surface area contributed by atoms with Gasteiger partial charge in [0.1, 0.15) is 11.7 Å². The van der Waals surface area contributed by atoms with Gasteiger partial charge >= 0.3 is 0 Å². The van der Waals surface area contributed by atoms with Crippen molar-refractivity contribution in [3.63, 3.8) is 0 Å². The number of fused-ring (bicyclic) bond motifs is 1. The van der Waals surface area contributed by atoms with Gasteiger partial charge in [0, 0.05) is 12.6 Å². The Balaban J connectivity index is 2.22. The standard InChI is InChI=1S/C17H19FN5OPS/c1-4-24-25(26)15-12(2)21-23(11-5-10-19)17(15)20-16(22(25)3)13-6-8-14(18)9-7-13/h6-9H,4-5,11H2,1-3H3/t25-/m0/s1. The van der Waals surface area contributed by atoms with E-state index in [1.807, 2.05) is 25.6 Å². The first kappa shape index (κ1) is 18.7. The van der Waals surface area contributed by atoms with Crippen molar-refractivity contribution in [3.05, 3.63) is 41.3 Å². The first-order valence-corrected chi connectivity index (χ1v) is 10.9. The molecule has 9 heteroatoms. The van der Waals surface area contributed by atoms with Crippen molar-refractivity contribution in [2.24, 2.45) is 4.99 Å². The lowest BCUT2D eigenvalue weighted by molar-refractivity contribution is 0.362. The molecule has 136 valence electrons. The van der Waals surface area contributed by atoms with Crippen molar-refractivity contribution in [2.45, 2.75) is 26.8 Å². The molecule has 1 aromatic heterocycles. The number of nitriles is 1. The van der Waals surface area contributed by atoms with Crippen LogP contribution >= 0.6 is 6.42 Å². The van der Waals surface area contributed by atoms with Crippen LogP contribution in [-0.2, 0) is 22.9 Å². The summed E-state index contributed by atoms with van der Waals surface area (Å²) in [4.78, 5) is 4.77. The summed E-state index contributed by atoms with van der Waals surface area (Å²) in [6.45, 7) is 4.67. The average molecular weight is 391 g/mol. The van der Waals surface area contributed by atoms with E-state index >= 15 is 0 Å². The van der Waals surface area contributed by atoms with Gasteiger partial charge in [0.2, 0.25) is 0 Å². The van der Waals surface area contributed by atoms with Crippen LogP contribution in [0.15, 0.2) is 29.3 Å². The number of hydrogen-bond donors (Lipinski definition) is 0. The molecule has 0 N–H and O–H groups in total. The Labute approximate surface area is 157 Å². The lowest BCUT2D eigenvalue weighted by Crippen LogP contribution is -2.34. The third kappa shape index (κ3) is 3.07. The van der Waals surface area contributed by atoms with Crippen LogP contribution in [0.4, 0.5) is 10.2 Å². The highest BCUT2D eigenvalue weighted by atomic mass is 32.4. The fraction of sp³-hybridized carbons (Fsp3) is 0.353. The van der Waals surface area contributed by atoms with Gasteiger partial charge in [0.25, 0.3) is 0 Å². The number of amidine groups is 1. The number of benzene rings is 1. The molecule has 0 bridgehead atoms. The van der Waals surface area contributed by atoms with Gasteiger partial charge in [-0.3, -0.25) is 0 Å². The van der Waals surface area contributed by atoms with Crippen molar-refractivity contribution in [2.75, 3.05) is 13.7 Å². The summed E-state index contributed by atoms with van der Waals surface area (Å²) in [6.07, 6.45) is -2.28. The molecule has 0 saturated heterocycles. The van der Waals surface area contributed by atoms with Crippen LogP contribution in [0.25, 0.3) is 0 Å². The third-order valence-corrected chi connectivity index (χ3v) is 8.38. The van der Waals surface area contributed by atoms with Crippen molar-refractivity contribution in [1.82, 2.24) is 14.5 Å². The molecule has 6 nitrogen and oxygen atoms in total. The van der Waals surface area contributed by atoms with Crippen LogP contribution in [0.3, 0.4) is 0 Å². The van der Waals surface area contributed by atoms with Gasteiger partial charge in [-0.1, -0.05) is 0 Å². The average Bonchev–Trinajstić information content (AvgIpc) is 2.94. The Morgan fingerprint density at radius 3 is 2.65 bits per heavy atom. The third-order valence-electron chi connectivity index (χ3n) is 4.11. The van der Waals surface area contributed by atoms with E-state index in [1.165, 1.54) is 12.1 Å². The maximum atomic E-state index is 13.3. The molecule has 0 spiro atoms. The molecule has 1 aliphatic rings. The summed E-state index contributed by atoms with van der Waals surface area (Å²) in [5.74, 6) is 0.937. The number of halogens is 1. The van der Waals surface area contributed by atoms with Crippen molar-refractivity contribution >= 4 is 35.2 Å². The summed E-state index contributed by atoms with van der Waals surface area (Å²) in [5, 5.41) is 14.3. The van der Waals surface area contributed by atoms with Crippen LogP contribution < -0.4 is 5.30 Å². The molecule has 1 atom stereocenters. The first-order chi connectivity index (χ1) is 12.4. The number of aryl methyl sites for hydroxylation is 2. The van der Waals surface area contributed by atoms with E-state index in [4.69, 9.17) is 26.6 Å². The number of aliphatic imine (C=N–C) groups is 1. The van der Waals surface area contributed by atoms with Crippen LogP contribution in [0.1, 0.15) is 24.6 Å². The van der Waals surface area contributed by atoms with E-state index in [-0.39, 0.29) is 5.82 Å². The fourth-order valence-electron chi connectivity index (χ4n) is 2.94. The summed E-state index contributed by atoms with van der Waals surface area (Å²) >= 11 is 5.99. The minimum Gasteiger partial charge on any atom is -0.331 e. The van der Waals surface area contributed by atoms with E-state index in [2.05, 4.69) is 11.2 Å². The van der Waals surface area contributed by atoms with Gasteiger partial charge in [-0.25, -0.2) is 14.1 Å². The van der Waals surface area contributed by atoms with E-state index < -0.39 is 6.42 Å². The number of rotatable bonds is 5.